The van der Waals surface area contributed by atoms with Crippen molar-refractivity contribution >= 4 is 29.9 Å². The van der Waals surface area contributed by atoms with Crippen LogP contribution >= 0.6 is 24.0 Å². The lowest BCUT2D eigenvalue weighted by Crippen LogP contribution is -2.43. The van der Waals surface area contributed by atoms with Crippen molar-refractivity contribution in [2.75, 3.05) is 34.2 Å². The van der Waals surface area contributed by atoms with Gasteiger partial charge in [-0.15, -0.1) is 24.0 Å². The van der Waals surface area contributed by atoms with Gasteiger partial charge in [0.05, 0.1) is 0 Å². The number of halogens is 2. The van der Waals surface area contributed by atoms with E-state index < -0.39 is 0 Å². The monoisotopic (exact) mass is 448 g/mol. The first-order valence-electron chi connectivity index (χ1n) is 8.46. The molecule has 0 bridgehead atoms. The Balaban J connectivity index is 0.00000288. The largest absolute Gasteiger partial charge is 0.355 e. The van der Waals surface area contributed by atoms with Crippen molar-refractivity contribution in [1.29, 1.82) is 0 Å². The minimum Gasteiger partial charge on any atom is -0.355 e. The summed E-state index contributed by atoms with van der Waals surface area (Å²) in [5.41, 5.74) is 0.943. The molecule has 0 atom stereocenters. The van der Waals surface area contributed by atoms with Gasteiger partial charge in [-0.3, -0.25) is 4.99 Å². The highest BCUT2D eigenvalue weighted by molar-refractivity contribution is 14.0. The summed E-state index contributed by atoms with van der Waals surface area (Å²) in [7, 11) is 5.96. The van der Waals surface area contributed by atoms with Gasteiger partial charge in [0.2, 0.25) is 0 Å². The van der Waals surface area contributed by atoms with Crippen LogP contribution in [0, 0.1) is 5.82 Å². The second-order valence-electron chi connectivity index (χ2n) is 6.38. The summed E-state index contributed by atoms with van der Waals surface area (Å²) in [6.07, 6.45) is 5.37. The lowest BCUT2D eigenvalue weighted by atomic mass is 10.2. The number of likely N-dealkylation sites (N-methyl/N-ethyl adjacent to an activating group) is 1. The average molecular weight is 448 g/mol. The van der Waals surface area contributed by atoms with E-state index >= 15 is 0 Å². The zero-order valence-electron chi connectivity index (χ0n) is 15.0. The van der Waals surface area contributed by atoms with Gasteiger partial charge in [-0.1, -0.05) is 25.0 Å². The molecule has 6 heteroatoms. The highest BCUT2D eigenvalue weighted by atomic mass is 127. The number of nitrogens with zero attached hydrogens (tertiary/aromatic N) is 3. The first kappa shape index (κ1) is 21.2. The molecule has 1 aromatic carbocycles. The molecule has 0 aromatic heterocycles. The van der Waals surface area contributed by atoms with Gasteiger partial charge in [-0.2, -0.15) is 0 Å². The third-order valence-corrected chi connectivity index (χ3v) is 4.58. The molecule has 0 unspecified atom stereocenters. The Hall–Kier alpha value is -0.890. The molecule has 1 fully saturated rings. The third kappa shape index (κ3) is 6.55. The van der Waals surface area contributed by atoms with Crippen LogP contribution in [-0.2, 0) is 6.54 Å². The zero-order chi connectivity index (χ0) is 16.7. The van der Waals surface area contributed by atoms with E-state index in [9.17, 15) is 4.39 Å². The minimum absolute atomic E-state index is 0. The fourth-order valence-corrected chi connectivity index (χ4v) is 3.24. The predicted molar refractivity (Wildman–Crippen MR) is 110 cm³/mol. The standard InChI is InChI=1S/C18H29FN4.HI/c1-20-18(21-11-12-22(2)17-9-4-5-10-17)23(3)14-15-7-6-8-16(19)13-15;/h6-8,13,17H,4-5,9-12,14H2,1-3H3,(H,20,21);1H. The smallest absolute Gasteiger partial charge is 0.193 e. The Kier molecular flexibility index (Phi) is 9.58. The van der Waals surface area contributed by atoms with E-state index in [0.717, 1.165) is 30.7 Å². The Morgan fingerprint density at radius 3 is 2.62 bits per heavy atom. The Morgan fingerprint density at radius 2 is 2.00 bits per heavy atom. The number of nitrogens with one attached hydrogen (secondary N) is 1. The van der Waals surface area contributed by atoms with E-state index in [1.165, 1.54) is 31.7 Å². The van der Waals surface area contributed by atoms with Crippen LogP contribution in [0.2, 0.25) is 0 Å². The maximum Gasteiger partial charge on any atom is 0.193 e. The zero-order valence-corrected chi connectivity index (χ0v) is 17.3. The molecule has 4 nitrogen and oxygen atoms in total. The van der Waals surface area contributed by atoms with Gasteiger partial charge < -0.3 is 15.1 Å². The van der Waals surface area contributed by atoms with Crippen LogP contribution in [-0.4, -0.2) is 56.0 Å². The molecule has 0 saturated heterocycles. The van der Waals surface area contributed by atoms with Crippen molar-refractivity contribution in [2.24, 2.45) is 4.99 Å². The topological polar surface area (TPSA) is 30.9 Å². The number of hydrogen-bond acceptors (Lipinski definition) is 2. The van der Waals surface area contributed by atoms with Crippen molar-refractivity contribution < 1.29 is 4.39 Å². The van der Waals surface area contributed by atoms with Crippen LogP contribution in [0.15, 0.2) is 29.3 Å². The fraction of sp³-hybridized carbons (Fsp3) is 0.611. The summed E-state index contributed by atoms with van der Waals surface area (Å²) < 4.78 is 13.3. The summed E-state index contributed by atoms with van der Waals surface area (Å²) in [6.45, 7) is 2.51. The van der Waals surface area contributed by atoms with Crippen LogP contribution in [0.3, 0.4) is 0 Å². The van der Waals surface area contributed by atoms with Crippen molar-refractivity contribution in [3.05, 3.63) is 35.6 Å². The van der Waals surface area contributed by atoms with Gasteiger partial charge in [0, 0.05) is 39.8 Å². The first-order valence-corrected chi connectivity index (χ1v) is 8.46. The van der Waals surface area contributed by atoms with E-state index in [0.29, 0.717) is 6.54 Å². The third-order valence-electron chi connectivity index (χ3n) is 4.58. The van der Waals surface area contributed by atoms with Crippen molar-refractivity contribution in [2.45, 2.75) is 38.3 Å². The molecule has 1 N–H and O–H groups in total. The molecule has 2 rings (SSSR count). The van der Waals surface area contributed by atoms with E-state index in [4.69, 9.17) is 0 Å². The van der Waals surface area contributed by atoms with Crippen molar-refractivity contribution in [3.63, 3.8) is 0 Å². The molecule has 0 radical (unpaired) electrons. The maximum atomic E-state index is 13.3. The van der Waals surface area contributed by atoms with Gasteiger partial charge in [-0.05, 0) is 37.6 Å². The Labute approximate surface area is 162 Å². The highest BCUT2D eigenvalue weighted by Crippen LogP contribution is 2.21. The summed E-state index contributed by atoms with van der Waals surface area (Å²) in [6, 6.07) is 7.45. The van der Waals surface area contributed by atoms with E-state index in [1.807, 2.05) is 18.0 Å². The van der Waals surface area contributed by atoms with Crippen LogP contribution in [0.1, 0.15) is 31.2 Å². The molecule has 1 aliphatic carbocycles. The molecule has 0 aliphatic heterocycles. The summed E-state index contributed by atoms with van der Waals surface area (Å²) >= 11 is 0. The number of benzene rings is 1. The van der Waals surface area contributed by atoms with Gasteiger partial charge in [0.15, 0.2) is 5.96 Å². The van der Waals surface area contributed by atoms with Crippen LogP contribution in [0.5, 0.6) is 0 Å². The predicted octanol–water partition coefficient (Wildman–Crippen LogP) is 3.33. The normalized spacial score (nSPS) is 15.5. The highest BCUT2D eigenvalue weighted by Gasteiger charge is 2.19. The number of guanidine groups is 1. The van der Waals surface area contributed by atoms with E-state index in [-0.39, 0.29) is 29.8 Å². The molecule has 0 spiro atoms. The van der Waals surface area contributed by atoms with Gasteiger partial charge in [-0.25, -0.2) is 4.39 Å². The van der Waals surface area contributed by atoms with E-state index in [2.05, 4.69) is 22.3 Å². The molecule has 1 saturated carbocycles. The second-order valence-corrected chi connectivity index (χ2v) is 6.38. The number of aliphatic imine (C=N–C) groups is 1. The van der Waals surface area contributed by atoms with Gasteiger partial charge >= 0.3 is 0 Å². The molecule has 24 heavy (non-hydrogen) atoms. The summed E-state index contributed by atoms with van der Waals surface area (Å²) in [5.74, 6) is 0.645. The van der Waals surface area contributed by atoms with Crippen LogP contribution < -0.4 is 5.32 Å². The maximum absolute atomic E-state index is 13.3. The summed E-state index contributed by atoms with van der Waals surface area (Å²) in [4.78, 5) is 8.78. The quantitative estimate of drug-likeness (QED) is 0.412. The fourth-order valence-electron chi connectivity index (χ4n) is 3.24. The van der Waals surface area contributed by atoms with E-state index in [1.54, 1.807) is 19.2 Å². The lowest BCUT2D eigenvalue weighted by Gasteiger charge is -2.26. The second kappa shape index (κ2) is 10.9. The Bertz CT molecular complexity index is 517. The first-order chi connectivity index (χ1) is 11.1. The van der Waals surface area contributed by atoms with Crippen molar-refractivity contribution in [1.82, 2.24) is 15.1 Å². The van der Waals surface area contributed by atoms with Crippen molar-refractivity contribution in [3.8, 4) is 0 Å². The molecule has 0 heterocycles. The molecule has 136 valence electrons. The van der Waals surface area contributed by atoms with Gasteiger partial charge in [0.25, 0.3) is 0 Å². The molecular formula is C18H30FIN4. The average Bonchev–Trinajstić information content (AvgIpc) is 3.05. The molecule has 0 amide bonds. The molecule has 1 aliphatic rings. The molecule has 1 aromatic rings. The van der Waals surface area contributed by atoms with Crippen LogP contribution in [0.25, 0.3) is 0 Å². The molecular weight excluding hydrogens is 418 g/mol. The Morgan fingerprint density at radius 1 is 1.29 bits per heavy atom. The minimum atomic E-state index is -0.197. The number of rotatable bonds is 6. The summed E-state index contributed by atoms with van der Waals surface area (Å²) in [5, 5.41) is 3.40. The van der Waals surface area contributed by atoms with Crippen LogP contribution in [0.4, 0.5) is 4.39 Å². The lowest BCUT2D eigenvalue weighted by molar-refractivity contribution is 0.248. The number of hydrogen-bond donors (Lipinski definition) is 1. The van der Waals surface area contributed by atoms with Gasteiger partial charge in [0.1, 0.15) is 5.82 Å². The SMILES string of the molecule is CN=C(NCCN(C)C1CCCC1)N(C)Cc1cccc(F)c1.I.